The highest BCUT2D eigenvalue weighted by molar-refractivity contribution is 9.10. The number of nitrogens with one attached hydrogen (secondary N) is 1. The van der Waals surface area contributed by atoms with E-state index in [1.807, 2.05) is 43.3 Å². The number of carbonyl (C=O) groups excluding carboxylic acids is 2. The lowest BCUT2D eigenvalue weighted by Crippen LogP contribution is -2.43. The molecule has 2 aromatic carbocycles. The van der Waals surface area contributed by atoms with Crippen molar-refractivity contribution in [2.45, 2.75) is 19.9 Å². The summed E-state index contributed by atoms with van der Waals surface area (Å²) in [5.41, 5.74) is 7.81. The lowest BCUT2D eigenvalue weighted by molar-refractivity contribution is -0.118. The Morgan fingerprint density at radius 3 is 2.50 bits per heavy atom. The van der Waals surface area contributed by atoms with Gasteiger partial charge in [0.05, 0.1) is 0 Å². The third-order valence-corrected chi connectivity index (χ3v) is 5.00. The maximum atomic E-state index is 12.5. The number of thiocarbonyl (C=S) groups is 1. The van der Waals surface area contributed by atoms with Crippen molar-refractivity contribution < 1.29 is 9.59 Å². The maximum absolute atomic E-state index is 12.5. The summed E-state index contributed by atoms with van der Waals surface area (Å²) in [5.74, 6) is -0.715. The van der Waals surface area contributed by atoms with Gasteiger partial charge < -0.3 is 10.6 Å². The van der Waals surface area contributed by atoms with E-state index in [1.54, 1.807) is 17.0 Å². The van der Waals surface area contributed by atoms with E-state index in [4.69, 9.17) is 18.0 Å². The summed E-state index contributed by atoms with van der Waals surface area (Å²) >= 11 is 8.81. The van der Waals surface area contributed by atoms with Gasteiger partial charge in [0, 0.05) is 29.5 Å². The summed E-state index contributed by atoms with van der Waals surface area (Å²) in [6.07, 6.45) is 0.152. The summed E-state index contributed by atoms with van der Waals surface area (Å²) in [6.45, 7) is 2.76. The molecular weight excluding hydrogens is 414 g/mol. The number of halogens is 1. The van der Waals surface area contributed by atoms with E-state index >= 15 is 0 Å². The summed E-state index contributed by atoms with van der Waals surface area (Å²) in [7, 11) is 0. The number of hydrogen-bond donors (Lipinski definition) is 2. The van der Waals surface area contributed by atoms with Gasteiger partial charge in [-0.25, -0.2) is 0 Å². The topological polar surface area (TPSA) is 75.4 Å². The first kappa shape index (κ1) is 20.1. The molecule has 0 saturated heterocycles. The van der Waals surface area contributed by atoms with Crippen LogP contribution in [0.4, 0.5) is 0 Å². The number of amides is 2. The molecule has 2 rings (SSSR count). The van der Waals surface area contributed by atoms with Gasteiger partial charge in [-0.2, -0.15) is 0 Å². The predicted molar refractivity (Wildman–Crippen MR) is 110 cm³/mol. The first-order valence-electron chi connectivity index (χ1n) is 8.05. The van der Waals surface area contributed by atoms with Crippen molar-refractivity contribution in [1.82, 2.24) is 10.2 Å². The third-order valence-electron chi connectivity index (χ3n) is 3.79. The van der Waals surface area contributed by atoms with Gasteiger partial charge in [0.1, 0.15) is 0 Å². The molecule has 2 aromatic rings. The number of carbonyl (C=O) groups is 2. The molecule has 7 heteroatoms. The van der Waals surface area contributed by atoms with Gasteiger partial charge >= 0.3 is 0 Å². The number of primary amides is 1. The van der Waals surface area contributed by atoms with Crippen LogP contribution in [0.2, 0.25) is 0 Å². The number of nitrogens with two attached hydrogens (primary N) is 1. The normalized spacial score (nSPS) is 10.2. The van der Waals surface area contributed by atoms with E-state index in [-0.39, 0.29) is 17.4 Å². The van der Waals surface area contributed by atoms with Crippen molar-refractivity contribution >= 4 is 45.1 Å². The van der Waals surface area contributed by atoms with Gasteiger partial charge in [-0.3, -0.25) is 14.9 Å². The van der Waals surface area contributed by atoms with Crippen LogP contribution in [0.1, 0.15) is 27.9 Å². The Bertz CT molecular complexity index is 812. The average molecular weight is 434 g/mol. The molecule has 0 spiro atoms. The molecule has 0 atom stereocenters. The second kappa shape index (κ2) is 9.45. The molecule has 0 aromatic heterocycles. The quantitative estimate of drug-likeness (QED) is 0.685. The summed E-state index contributed by atoms with van der Waals surface area (Å²) in [5, 5.41) is 2.99. The highest BCUT2D eigenvalue weighted by Crippen LogP contribution is 2.17. The van der Waals surface area contributed by atoms with E-state index in [2.05, 4.69) is 21.2 Å². The molecule has 0 radical (unpaired) electrons. The monoisotopic (exact) mass is 433 g/mol. The fourth-order valence-electron chi connectivity index (χ4n) is 2.28. The van der Waals surface area contributed by atoms with Gasteiger partial charge in [0.2, 0.25) is 5.91 Å². The Kier molecular flexibility index (Phi) is 7.29. The SMILES string of the molecule is Cc1ccc(C(=O)NC(=S)N(CCC(N)=O)Cc2ccccc2)cc1Br. The van der Waals surface area contributed by atoms with Crippen LogP contribution in [0.3, 0.4) is 0 Å². The van der Waals surface area contributed by atoms with Gasteiger partial charge in [-0.05, 0) is 42.4 Å². The van der Waals surface area contributed by atoms with Crippen LogP contribution < -0.4 is 11.1 Å². The van der Waals surface area contributed by atoms with Crippen molar-refractivity contribution in [2.75, 3.05) is 6.54 Å². The summed E-state index contributed by atoms with van der Waals surface area (Å²) in [4.78, 5) is 25.4. The van der Waals surface area contributed by atoms with E-state index in [0.717, 1.165) is 15.6 Å². The second-order valence-electron chi connectivity index (χ2n) is 5.85. The summed E-state index contributed by atoms with van der Waals surface area (Å²) < 4.78 is 0.853. The Labute approximate surface area is 166 Å². The first-order chi connectivity index (χ1) is 12.4. The first-order valence-corrected chi connectivity index (χ1v) is 9.25. The van der Waals surface area contributed by atoms with Crippen molar-refractivity contribution in [3.8, 4) is 0 Å². The predicted octanol–water partition coefficient (Wildman–Crippen LogP) is 3.15. The Balaban J connectivity index is 2.10. The molecule has 2 amide bonds. The highest BCUT2D eigenvalue weighted by Gasteiger charge is 2.16. The Morgan fingerprint density at radius 2 is 1.88 bits per heavy atom. The lowest BCUT2D eigenvalue weighted by Gasteiger charge is -2.25. The molecule has 0 bridgehead atoms. The van der Waals surface area contributed by atoms with Crippen LogP contribution >= 0.6 is 28.1 Å². The highest BCUT2D eigenvalue weighted by atomic mass is 79.9. The molecule has 0 aliphatic carbocycles. The van der Waals surface area contributed by atoms with E-state index < -0.39 is 5.91 Å². The van der Waals surface area contributed by atoms with Crippen molar-refractivity contribution in [3.05, 3.63) is 69.7 Å². The van der Waals surface area contributed by atoms with Crippen molar-refractivity contribution in [2.24, 2.45) is 5.73 Å². The van der Waals surface area contributed by atoms with Crippen molar-refractivity contribution in [3.63, 3.8) is 0 Å². The fourth-order valence-corrected chi connectivity index (χ4v) is 2.91. The molecule has 26 heavy (non-hydrogen) atoms. The van der Waals surface area contributed by atoms with Crippen LogP contribution in [0, 0.1) is 6.92 Å². The zero-order chi connectivity index (χ0) is 19.1. The molecule has 0 unspecified atom stereocenters. The zero-order valence-electron chi connectivity index (χ0n) is 14.4. The molecule has 136 valence electrons. The number of benzene rings is 2. The van der Waals surface area contributed by atoms with E-state index in [9.17, 15) is 9.59 Å². The van der Waals surface area contributed by atoms with Crippen molar-refractivity contribution in [1.29, 1.82) is 0 Å². The standard InChI is InChI=1S/C19H20BrN3O2S/c1-13-7-8-15(11-16(13)20)18(25)22-19(26)23(10-9-17(21)24)12-14-5-3-2-4-6-14/h2-8,11H,9-10,12H2,1H3,(H2,21,24)(H,22,25,26). The second-order valence-corrected chi connectivity index (χ2v) is 7.09. The van der Waals surface area contributed by atoms with Crippen LogP contribution in [0.5, 0.6) is 0 Å². The van der Waals surface area contributed by atoms with Crippen LogP contribution in [0.25, 0.3) is 0 Å². The number of rotatable bonds is 6. The minimum absolute atomic E-state index is 0.152. The molecular formula is C19H20BrN3O2S. The van der Waals surface area contributed by atoms with Gasteiger partial charge in [-0.1, -0.05) is 52.3 Å². The van der Waals surface area contributed by atoms with Crippen LogP contribution in [0.15, 0.2) is 53.0 Å². The summed E-state index contributed by atoms with van der Waals surface area (Å²) in [6, 6.07) is 15.0. The minimum Gasteiger partial charge on any atom is -0.370 e. The molecule has 0 fully saturated rings. The fraction of sp³-hybridized carbons (Fsp3) is 0.211. The molecule has 0 aliphatic rings. The third kappa shape index (κ3) is 5.93. The van der Waals surface area contributed by atoms with Gasteiger partial charge in [-0.15, -0.1) is 0 Å². The van der Waals surface area contributed by atoms with Crippen LogP contribution in [-0.2, 0) is 11.3 Å². The number of hydrogen-bond acceptors (Lipinski definition) is 3. The minimum atomic E-state index is -0.417. The molecule has 0 aliphatic heterocycles. The van der Waals surface area contributed by atoms with Gasteiger partial charge in [0.25, 0.3) is 5.91 Å². The van der Waals surface area contributed by atoms with Crippen LogP contribution in [-0.4, -0.2) is 28.4 Å². The molecule has 0 saturated carbocycles. The zero-order valence-corrected chi connectivity index (χ0v) is 16.8. The largest absolute Gasteiger partial charge is 0.370 e. The average Bonchev–Trinajstić information content (AvgIpc) is 2.61. The lowest BCUT2D eigenvalue weighted by atomic mass is 10.1. The Hall–Kier alpha value is -2.25. The maximum Gasteiger partial charge on any atom is 0.257 e. The van der Waals surface area contributed by atoms with Gasteiger partial charge in [0.15, 0.2) is 5.11 Å². The molecule has 3 N–H and O–H groups in total. The smallest absolute Gasteiger partial charge is 0.257 e. The van der Waals surface area contributed by atoms with E-state index in [1.165, 1.54) is 0 Å². The number of nitrogens with zero attached hydrogens (tertiary/aromatic N) is 1. The van der Waals surface area contributed by atoms with E-state index in [0.29, 0.717) is 18.7 Å². The molecule has 5 nitrogen and oxygen atoms in total. The molecule has 0 heterocycles. The number of aryl methyl sites for hydroxylation is 1. The Morgan fingerprint density at radius 1 is 1.19 bits per heavy atom.